The van der Waals surface area contributed by atoms with E-state index in [2.05, 4.69) is 27.1 Å². The van der Waals surface area contributed by atoms with Gasteiger partial charge in [0, 0.05) is 10.0 Å². The summed E-state index contributed by atoms with van der Waals surface area (Å²) in [5, 5.41) is 13.6. The van der Waals surface area contributed by atoms with Crippen molar-refractivity contribution in [2.24, 2.45) is 0 Å². The Labute approximate surface area is 107 Å². The highest BCUT2D eigenvalue weighted by atomic mass is 79.9. The monoisotopic (exact) mass is 289 g/mol. The summed E-state index contributed by atoms with van der Waals surface area (Å²) >= 11 is 3.38. The average molecular weight is 290 g/mol. The normalized spacial score (nSPS) is 13.4. The van der Waals surface area contributed by atoms with Crippen molar-refractivity contribution in [3.05, 3.63) is 45.7 Å². The molecule has 0 N–H and O–H groups in total. The number of hydrogen-bond acceptors (Lipinski definition) is 3. The summed E-state index contributed by atoms with van der Waals surface area (Å²) in [6.45, 7) is 0.975. The largest absolute Gasteiger partial charge is 0.370 e. The van der Waals surface area contributed by atoms with Crippen LogP contribution in [0.5, 0.6) is 0 Å². The van der Waals surface area contributed by atoms with Gasteiger partial charge in [0.05, 0.1) is 24.6 Å². The molecule has 3 rings (SSSR count). The number of halogens is 1. The van der Waals surface area contributed by atoms with Crippen molar-refractivity contribution in [2.75, 3.05) is 0 Å². The van der Waals surface area contributed by atoms with Crippen LogP contribution in [0.2, 0.25) is 0 Å². The number of nitrogens with zero attached hydrogens (tertiary/aromatic N) is 3. The zero-order chi connectivity index (χ0) is 11.8. The van der Waals surface area contributed by atoms with Crippen LogP contribution in [0.4, 0.5) is 0 Å². The van der Waals surface area contributed by atoms with Crippen LogP contribution in [0.1, 0.15) is 17.0 Å². The standard InChI is InChI=1S/C12H8BrN3O/c13-8-1-3-9(4-2-8)16-12(5-14)10-6-17-7-11(10)15-16/h1-4H,6-7H2. The number of nitriles is 1. The lowest BCUT2D eigenvalue weighted by Crippen LogP contribution is -2.01. The van der Waals surface area contributed by atoms with Crippen LogP contribution >= 0.6 is 15.9 Å². The molecule has 0 atom stereocenters. The lowest BCUT2D eigenvalue weighted by molar-refractivity contribution is 0.131. The minimum atomic E-state index is 0.481. The summed E-state index contributed by atoms with van der Waals surface area (Å²) in [4.78, 5) is 0. The molecule has 2 aromatic rings. The summed E-state index contributed by atoms with van der Waals surface area (Å²) < 4.78 is 7.96. The van der Waals surface area contributed by atoms with Crippen molar-refractivity contribution in [1.29, 1.82) is 5.26 Å². The second kappa shape index (κ2) is 3.99. The lowest BCUT2D eigenvalue weighted by atomic mass is 10.2. The first-order valence-corrected chi connectivity index (χ1v) is 5.93. The number of hydrogen-bond donors (Lipinski definition) is 0. The molecule has 0 radical (unpaired) electrons. The van der Waals surface area contributed by atoms with E-state index < -0.39 is 0 Å². The molecule has 1 aliphatic heterocycles. The zero-order valence-corrected chi connectivity index (χ0v) is 10.4. The second-order valence-corrected chi connectivity index (χ2v) is 4.68. The van der Waals surface area contributed by atoms with E-state index in [0.29, 0.717) is 18.9 Å². The van der Waals surface area contributed by atoms with Crippen LogP contribution in [0.3, 0.4) is 0 Å². The SMILES string of the molecule is N#Cc1c2c(nn1-c1ccc(Br)cc1)COC2. The van der Waals surface area contributed by atoms with Crippen LogP contribution in [0.15, 0.2) is 28.7 Å². The van der Waals surface area contributed by atoms with Gasteiger partial charge in [-0.3, -0.25) is 0 Å². The highest BCUT2D eigenvalue weighted by molar-refractivity contribution is 9.10. The van der Waals surface area contributed by atoms with Gasteiger partial charge in [-0.25, -0.2) is 4.68 Å². The predicted molar refractivity (Wildman–Crippen MR) is 64.5 cm³/mol. The third kappa shape index (κ3) is 1.66. The van der Waals surface area contributed by atoms with Gasteiger partial charge in [0.15, 0.2) is 0 Å². The van der Waals surface area contributed by atoms with Crippen LogP contribution in [0, 0.1) is 11.3 Å². The highest BCUT2D eigenvalue weighted by Crippen LogP contribution is 2.25. The molecule has 1 aromatic heterocycles. The quantitative estimate of drug-likeness (QED) is 0.811. The molecule has 2 heterocycles. The van der Waals surface area contributed by atoms with E-state index in [4.69, 9.17) is 4.74 Å². The maximum atomic E-state index is 9.21. The maximum absolute atomic E-state index is 9.21. The van der Waals surface area contributed by atoms with Gasteiger partial charge < -0.3 is 4.74 Å². The average Bonchev–Trinajstić information content (AvgIpc) is 2.89. The summed E-state index contributed by atoms with van der Waals surface area (Å²) in [5.74, 6) is 0. The van der Waals surface area contributed by atoms with Crippen molar-refractivity contribution >= 4 is 15.9 Å². The van der Waals surface area contributed by atoms with Crippen molar-refractivity contribution < 1.29 is 4.74 Å². The third-order valence-electron chi connectivity index (χ3n) is 2.73. The molecule has 5 heteroatoms. The molecule has 1 aromatic carbocycles. The van der Waals surface area contributed by atoms with Crippen molar-refractivity contribution in [1.82, 2.24) is 9.78 Å². The first-order chi connectivity index (χ1) is 8.29. The van der Waals surface area contributed by atoms with E-state index >= 15 is 0 Å². The third-order valence-corrected chi connectivity index (χ3v) is 3.26. The Bertz CT molecular complexity index is 610. The van der Waals surface area contributed by atoms with E-state index in [-0.39, 0.29) is 0 Å². The summed E-state index contributed by atoms with van der Waals surface area (Å²) in [6.07, 6.45) is 0. The molecule has 0 saturated carbocycles. The molecule has 0 amide bonds. The topological polar surface area (TPSA) is 50.8 Å². The van der Waals surface area contributed by atoms with Gasteiger partial charge >= 0.3 is 0 Å². The first-order valence-electron chi connectivity index (χ1n) is 5.14. The van der Waals surface area contributed by atoms with Crippen LogP contribution in [0.25, 0.3) is 5.69 Å². The Morgan fingerprint density at radius 2 is 2.06 bits per heavy atom. The van der Waals surface area contributed by atoms with E-state index in [1.165, 1.54) is 0 Å². The minimum absolute atomic E-state index is 0.481. The second-order valence-electron chi connectivity index (χ2n) is 3.77. The van der Waals surface area contributed by atoms with Gasteiger partial charge in [-0.15, -0.1) is 0 Å². The lowest BCUT2D eigenvalue weighted by Gasteiger charge is -2.04. The van der Waals surface area contributed by atoms with Gasteiger partial charge in [0.25, 0.3) is 0 Å². The number of benzene rings is 1. The zero-order valence-electron chi connectivity index (χ0n) is 8.85. The van der Waals surface area contributed by atoms with Crippen molar-refractivity contribution in [3.63, 3.8) is 0 Å². The number of fused-ring (bicyclic) bond motifs is 1. The van der Waals surface area contributed by atoms with Gasteiger partial charge in [0.1, 0.15) is 11.8 Å². The fourth-order valence-electron chi connectivity index (χ4n) is 1.90. The summed E-state index contributed by atoms with van der Waals surface area (Å²) in [5.41, 5.74) is 3.24. The highest BCUT2D eigenvalue weighted by Gasteiger charge is 2.23. The molecule has 0 spiro atoms. The predicted octanol–water partition coefficient (Wildman–Crippen LogP) is 2.54. The van der Waals surface area contributed by atoms with Crippen molar-refractivity contribution in [2.45, 2.75) is 13.2 Å². The molecule has 4 nitrogen and oxygen atoms in total. The molecule has 0 fully saturated rings. The molecule has 0 saturated heterocycles. The van der Waals surface area contributed by atoms with E-state index in [1.807, 2.05) is 24.3 Å². The molecular weight excluding hydrogens is 282 g/mol. The molecule has 0 bridgehead atoms. The Balaban J connectivity index is 2.16. The maximum Gasteiger partial charge on any atom is 0.150 e. The molecule has 0 unspecified atom stereocenters. The van der Waals surface area contributed by atoms with Gasteiger partial charge in [-0.1, -0.05) is 15.9 Å². The van der Waals surface area contributed by atoms with Crippen molar-refractivity contribution in [3.8, 4) is 11.8 Å². The number of ether oxygens (including phenoxy) is 1. The fraction of sp³-hybridized carbons (Fsp3) is 0.167. The summed E-state index contributed by atoms with van der Waals surface area (Å²) in [6, 6.07) is 9.91. The molecular formula is C12H8BrN3O. The van der Waals surface area contributed by atoms with E-state index in [1.54, 1.807) is 4.68 Å². The Kier molecular flexibility index (Phi) is 2.46. The van der Waals surface area contributed by atoms with Crippen LogP contribution < -0.4 is 0 Å². The molecule has 0 aliphatic carbocycles. The van der Waals surface area contributed by atoms with Gasteiger partial charge in [-0.05, 0) is 24.3 Å². The fourth-order valence-corrected chi connectivity index (χ4v) is 2.16. The first kappa shape index (κ1) is 10.5. The number of aromatic nitrogens is 2. The molecule has 17 heavy (non-hydrogen) atoms. The molecule has 1 aliphatic rings. The summed E-state index contributed by atoms with van der Waals surface area (Å²) in [7, 11) is 0. The van der Waals surface area contributed by atoms with Crippen LogP contribution in [-0.4, -0.2) is 9.78 Å². The van der Waals surface area contributed by atoms with Gasteiger partial charge in [0.2, 0.25) is 0 Å². The smallest absolute Gasteiger partial charge is 0.150 e. The molecule has 84 valence electrons. The minimum Gasteiger partial charge on any atom is -0.370 e. The Hall–Kier alpha value is -1.64. The van der Waals surface area contributed by atoms with Gasteiger partial charge in [-0.2, -0.15) is 10.4 Å². The van der Waals surface area contributed by atoms with E-state index in [0.717, 1.165) is 21.4 Å². The number of rotatable bonds is 1. The Morgan fingerprint density at radius 1 is 1.29 bits per heavy atom. The van der Waals surface area contributed by atoms with Crippen LogP contribution in [-0.2, 0) is 18.0 Å². The Morgan fingerprint density at radius 3 is 2.76 bits per heavy atom. The van der Waals surface area contributed by atoms with E-state index in [9.17, 15) is 5.26 Å².